The molecule has 0 saturated heterocycles. The van der Waals surface area contributed by atoms with Crippen molar-refractivity contribution < 1.29 is 0 Å². The number of aromatic nitrogens is 1. The molecule has 0 fully saturated rings. The van der Waals surface area contributed by atoms with Crippen molar-refractivity contribution in [1.29, 1.82) is 0 Å². The molecule has 1 aromatic heterocycles. The third-order valence-electron chi connectivity index (χ3n) is 1.86. The van der Waals surface area contributed by atoms with Gasteiger partial charge < -0.3 is 5.73 Å². The minimum absolute atomic E-state index is 0.301. The second-order valence-corrected chi connectivity index (χ2v) is 7.32. The molecule has 5 heteroatoms. The van der Waals surface area contributed by atoms with Crippen LogP contribution in [0.15, 0.2) is 29.8 Å². The molecule has 2 aromatic rings. The molecule has 0 spiro atoms. The van der Waals surface area contributed by atoms with Gasteiger partial charge in [-0.2, -0.15) is 0 Å². The molecular weight excluding hydrogens is 286 g/mol. The van der Waals surface area contributed by atoms with E-state index in [-0.39, 0.29) is 0 Å². The molecular formula is C15H27N3S2. The monoisotopic (exact) mass is 313 g/mol. The Morgan fingerprint density at radius 1 is 1.25 bits per heavy atom. The first-order valence-corrected chi connectivity index (χ1v) is 8.62. The number of nitrogens with one attached hydrogen (secondary N) is 1. The number of hydrogen-bond donors (Lipinski definition) is 2. The number of fused-ring (bicyclic) bond motifs is 1. The minimum atomic E-state index is 0.301. The molecule has 1 aromatic carbocycles. The van der Waals surface area contributed by atoms with Gasteiger partial charge in [0.25, 0.3) is 0 Å². The van der Waals surface area contributed by atoms with Gasteiger partial charge in [0.1, 0.15) is 0 Å². The number of para-hydroxylation sites is 1. The summed E-state index contributed by atoms with van der Waals surface area (Å²) in [4.78, 5) is 4.14. The number of nitrogens with zero attached hydrogens (tertiary/aromatic N) is 1. The van der Waals surface area contributed by atoms with E-state index in [2.05, 4.69) is 36.5 Å². The van der Waals surface area contributed by atoms with Crippen LogP contribution < -0.4 is 10.5 Å². The summed E-state index contributed by atoms with van der Waals surface area (Å²) < 4.78 is 4.73. The third kappa shape index (κ3) is 9.31. The van der Waals surface area contributed by atoms with Crippen LogP contribution in [-0.4, -0.2) is 22.8 Å². The van der Waals surface area contributed by atoms with Crippen LogP contribution in [-0.2, 0) is 0 Å². The van der Waals surface area contributed by atoms with Crippen molar-refractivity contribution in [2.75, 3.05) is 13.1 Å². The Morgan fingerprint density at radius 2 is 1.90 bits per heavy atom. The van der Waals surface area contributed by atoms with Gasteiger partial charge in [0, 0.05) is 17.8 Å². The zero-order valence-electron chi connectivity index (χ0n) is 13.1. The van der Waals surface area contributed by atoms with Crippen molar-refractivity contribution in [3.63, 3.8) is 0 Å². The van der Waals surface area contributed by atoms with Crippen LogP contribution in [0, 0.1) is 0 Å². The number of hydrogen-bond acceptors (Lipinski definition) is 5. The quantitative estimate of drug-likeness (QED) is 0.655. The van der Waals surface area contributed by atoms with Gasteiger partial charge in [-0.25, -0.2) is 4.98 Å². The first kappa shape index (κ1) is 19.4. The van der Waals surface area contributed by atoms with Crippen molar-refractivity contribution in [2.45, 2.75) is 39.4 Å². The SMILES string of the molecule is CC.CC(C)(C)SNCCN.c1ccc2scnc2c1. The van der Waals surface area contributed by atoms with Crippen LogP contribution in [0.5, 0.6) is 0 Å². The van der Waals surface area contributed by atoms with E-state index in [1.54, 1.807) is 23.3 Å². The number of nitrogens with two attached hydrogens (primary N) is 1. The summed E-state index contributed by atoms with van der Waals surface area (Å²) in [6, 6.07) is 8.13. The molecule has 114 valence electrons. The van der Waals surface area contributed by atoms with E-state index in [0.29, 0.717) is 11.3 Å². The summed E-state index contributed by atoms with van der Waals surface area (Å²) in [5.74, 6) is 0. The second kappa shape index (κ2) is 11.1. The van der Waals surface area contributed by atoms with Gasteiger partial charge in [-0.1, -0.05) is 37.9 Å². The molecule has 0 radical (unpaired) electrons. The lowest BCUT2D eigenvalue weighted by molar-refractivity contribution is 0.786. The maximum atomic E-state index is 5.28. The average Bonchev–Trinajstić information content (AvgIpc) is 2.89. The molecule has 0 amide bonds. The Balaban J connectivity index is 0.000000321. The van der Waals surface area contributed by atoms with Crippen molar-refractivity contribution >= 4 is 33.5 Å². The summed E-state index contributed by atoms with van der Waals surface area (Å²) in [5.41, 5.74) is 8.25. The molecule has 0 saturated carbocycles. The van der Waals surface area contributed by atoms with Gasteiger partial charge in [0.15, 0.2) is 0 Å². The van der Waals surface area contributed by atoms with E-state index < -0.39 is 0 Å². The molecule has 0 aliphatic carbocycles. The second-order valence-electron chi connectivity index (χ2n) is 4.72. The van der Waals surface area contributed by atoms with Gasteiger partial charge in [-0.05, 0) is 32.9 Å². The highest BCUT2D eigenvalue weighted by Crippen LogP contribution is 2.18. The standard InChI is InChI=1S/C7H5NS.C6H16N2S.C2H6/c1-2-4-7-6(3-1)8-5-9-7;1-6(2,3)9-8-5-4-7;1-2/h1-5H;8H,4-5,7H2,1-3H3;1-2H3. The number of rotatable bonds is 3. The summed E-state index contributed by atoms with van der Waals surface area (Å²) in [7, 11) is 0. The molecule has 1 heterocycles. The van der Waals surface area contributed by atoms with E-state index in [1.165, 1.54) is 4.70 Å². The van der Waals surface area contributed by atoms with Crippen LogP contribution in [0.2, 0.25) is 0 Å². The van der Waals surface area contributed by atoms with Crippen LogP contribution >= 0.6 is 23.3 Å². The van der Waals surface area contributed by atoms with E-state index in [9.17, 15) is 0 Å². The largest absolute Gasteiger partial charge is 0.329 e. The fraction of sp³-hybridized carbons (Fsp3) is 0.533. The lowest BCUT2D eigenvalue weighted by Crippen LogP contribution is -2.22. The number of benzene rings is 1. The van der Waals surface area contributed by atoms with Crippen molar-refractivity contribution in [1.82, 2.24) is 9.71 Å². The van der Waals surface area contributed by atoms with E-state index in [0.717, 1.165) is 12.1 Å². The average molecular weight is 314 g/mol. The first-order valence-electron chi connectivity index (χ1n) is 6.92. The predicted molar refractivity (Wildman–Crippen MR) is 95.4 cm³/mol. The van der Waals surface area contributed by atoms with Crippen molar-refractivity contribution in [3.05, 3.63) is 29.8 Å². The molecule has 20 heavy (non-hydrogen) atoms. The Morgan fingerprint density at radius 3 is 2.45 bits per heavy atom. The van der Waals surface area contributed by atoms with E-state index >= 15 is 0 Å². The van der Waals surface area contributed by atoms with Crippen LogP contribution in [0.4, 0.5) is 0 Å². The van der Waals surface area contributed by atoms with Gasteiger partial charge in [-0.15, -0.1) is 11.3 Å². The molecule has 0 unspecified atom stereocenters. The minimum Gasteiger partial charge on any atom is -0.329 e. The maximum Gasteiger partial charge on any atom is 0.0812 e. The molecule has 3 N–H and O–H groups in total. The Kier molecular flexibility index (Phi) is 10.7. The fourth-order valence-electron chi connectivity index (χ4n) is 1.13. The van der Waals surface area contributed by atoms with Crippen LogP contribution in [0.25, 0.3) is 10.2 Å². The zero-order valence-corrected chi connectivity index (χ0v) is 14.8. The molecule has 0 atom stereocenters. The molecule has 3 nitrogen and oxygen atoms in total. The van der Waals surface area contributed by atoms with E-state index in [1.807, 2.05) is 37.6 Å². The van der Waals surface area contributed by atoms with E-state index in [4.69, 9.17) is 5.73 Å². The topological polar surface area (TPSA) is 50.9 Å². The molecule has 0 bridgehead atoms. The van der Waals surface area contributed by atoms with Gasteiger partial charge >= 0.3 is 0 Å². The highest BCUT2D eigenvalue weighted by atomic mass is 32.2. The highest BCUT2D eigenvalue weighted by molar-refractivity contribution is 7.98. The predicted octanol–water partition coefficient (Wildman–Crippen LogP) is 4.30. The van der Waals surface area contributed by atoms with Gasteiger partial charge in [0.2, 0.25) is 0 Å². The van der Waals surface area contributed by atoms with Gasteiger partial charge in [-0.3, -0.25) is 4.72 Å². The smallest absolute Gasteiger partial charge is 0.0812 e. The molecule has 0 aliphatic rings. The maximum absolute atomic E-state index is 5.28. The van der Waals surface area contributed by atoms with Crippen molar-refractivity contribution in [3.8, 4) is 0 Å². The fourth-order valence-corrected chi connectivity index (χ4v) is 2.46. The first-order chi connectivity index (χ1) is 9.53. The molecule has 0 aliphatic heterocycles. The Labute approximate surface area is 131 Å². The zero-order chi connectivity index (χ0) is 15.4. The Hall–Kier alpha value is -0.620. The summed E-state index contributed by atoms with van der Waals surface area (Å²) >= 11 is 3.40. The van der Waals surface area contributed by atoms with Crippen LogP contribution in [0.3, 0.4) is 0 Å². The number of thiazole rings is 1. The highest BCUT2D eigenvalue weighted by Gasteiger charge is 2.08. The lowest BCUT2D eigenvalue weighted by Gasteiger charge is -2.16. The molecule has 2 rings (SSSR count). The summed E-state index contributed by atoms with van der Waals surface area (Å²) in [6.45, 7) is 12.1. The lowest BCUT2D eigenvalue weighted by atomic mass is 10.3. The van der Waals surface area contributed by atoms with Crippen molar-refractivity contribution in [2.24, 2.45) is 5.73 Å². The summed E-state index contributed by atoms with van der Waals surface area (Å²) in [6.07, 6.45) is 0. The Bertz CT molecular complexity index is 419. The summed E-state index contributed by atoms with van der Waals surface area (Å²) in [5, 5.41) is 0. The van der Waals surface area contributed by atoms with Gasteiger partial charge in [0.05, 0.1) is 15.7 Å². The normalized spacial score (nSPS) is 10.3. The van der Waals surface area contributed by atoms with Crippen LogP contribution in [0.1, 0.15) is 34.6 Å². The third-order valence-corrected chi connectivity index (χ3v) is 3.63.